The number of amides is 1. The van der Waals surface area contributed by atoms with Crippen molar-refractivity contribution in [1.82, 2.24) is 20.3 Å². The third-order valence-electron chi connectivity index (χ3n) is 4.30. The van der Waals surface area contributed by atoms with Crippen molar-refractivity contribution in [1.29, 1.82) is 0 Å². The monoisotopic (exact) mass is 354 g/mol. The summed E-state index contributed by atoms with van der Waals surface area (Å²) >= 11 is 0. The van der Waals surface area contributed by atoms with E-state index in [1.165, 1.54) is 24.3 Å². The molecular formula is C15H22N4O4S. The van der Waals surface area contributed by atoms with Crippen molar-refractivity contribution in [3.05, 3.63) is 29.8 Å². The van der Waals surface area contributed by atoms with Crippen molar-refractivity contribution in [2.24, 2.45) is 0 Å². The van der Waals surface area contributed by atoms with Crippen LogP contribution in [0.2, 0.25) is 0 Å². The second-order valence-electron chi connectivity index (χ2n) is 6.02. The van der Waals surface area contributed by atoms with Gasteiger partial charge < -0.3 is 20.6 Å². The van der Waals surface area contributed by atoms with Crippen LogP contribution in [0.25, 0.3) is 0 Å². The molecule has 2 aliphatic rings. The highest BCUT2D eigenvalue weighted by atomic mass is 32.2. The van der Waals surface area contributed by atoms with Crippen LogP contribution in [0, 0.1) is 0 Å². The quantitative estimate of drug-likeness (QED) is 0.515. The van der Waals surface area contributed by atoms with Crippen LogP contribution in [-0.4, -0.2) is 75.7 Å². The summed E-state index contributed by atoms with van der Waals surface area (Å²) in [5, 5.41) is 15.8. The molecule has 9 heteroatoms. The summed E-state index contributed by atoms with van der Waals surface area (Å²) in [6, 6.07) is 5.36. The van der Waals surface area contributed by atoms with Crippen LogP contribution in [0.1, 0.15) is 10.4 Å². The van der Waals surface area contributed by atoms with Gasteiger partial charge in [-0.2, -0.15) is 0 Å². The predicted molar refractivity (Wildman–Crippen MR) is 88.2 cm³/mol. The maximum absolute atomic E-state index is 12.4. The first-order valence-electron chi connectivity index (χ1n) is 7.98. The Morgan fingerprint density at radius 1 is 1.12 bits per heavy atom. The topological polar surface area (TPSA) is 111 Å². The predicted octanol–water partition coefficient (Wildman–Crippen LogP) is -1.66. The summed E-state index contributed by atoms with van der Waals surface area (Å²) in [4.78, 5) is 14.2. The van der Waals surface area contributed by atoms with Gasteiger partial charge in [0.2, 0.25) is 10.0 Å². The molecule has 1 aromatic rings. The molecule has 0 aromatic heterocycles. The molecule has 2 atom stereocenters. The maximum atomic E-state index is 12.4. The average Bonchev–Trinajstić information content (AvgIpc) is 2.99. The van der Waals surface area contributed by atoms with Gasteiger partial charge in [-0.3, -0.25) is 4.79 Å². The molecule has 0 saturated carbocycles. The Morgan fingerprint density at radius 2 is 1.79 bits per heavy atom. The van der Waals surface area contributed by atoms with E-state index in [0.717, 1.165) is 13.1 Å². The first kappa shape index (κ1) is 17.3. The number of nitrogens with zero attached hydrogens (tertiary/aromatic N) is 1. The van der Waals surface area contributed by atoms with Crippen molar-refractivity contribution >= 4 is 15.9 Å². The minimum absolute atomic E-state index is 0.0819. The lowest BCUT2D eigenvalue weighted by molar-refractivity contribution is 0.0735. The van der Waals surface area contributed by atoms with Crippen molar-refractivity contribution in [2.45, 2.75) is 17.0 Å². The minimum Gasteiger partial charge on any atom is -0.390 e. The van der Waals surface area contributed by atoms with E-state index in [4.69, 9.17) is 0 Å². The van der Waals surface area contributed by atoms with Crippen LogP contribution < -0.4 is 15.4 Å². The average molecular weight is 354 g/mol. The lowest BCUT2D eigenvalue weighted by atomic mass is 10.2. The smallest absolute Gasteiger partial charge is 0.253 e. The van der Waals surface area contributed by atoms with Gasteiger partial charge >= 0.3 is 0 Å². The number of hydrogen-bond donors (Lipinski definition) is 4. The Labute approximate surface area is 141 Å². The molecule has 1 aromatic carbocycles. The van der Waals surface area contributed by atoms with Gasteiger partial charge in [-0.1, -0.05) is 0 Å². The largest absolute Gasteiger partial charge is 0.390 e. The molecule has 2 aliphatic heterocycles. The first-order valence-corrected chi connectivity index (χ1v) is 9.47. The molecular weight excluding hydrogens is 332 g/mol. The summed E-state index contributed by atoms with van der Waals surface area (Å²) < 4.78 is 27.2. The second-order valence-corrected chi connectivity index (χ2v) is 7.73. The number of β-amino-alcohol motifs (C(OH)–C–C–N with tert-alkyl or cyclic N) is 1. The number of carbonyl (C=O) groups excluding carboxylic acids is 1. The summed E-state index contributed by atoms with van der Waals surface area (Å²) in [5.41, 5.74) is 0.471. The third-order valence-corrected chi connectivity index (χ3v) is 5.81. The minimum atomic E-state index is -3.73. The number of sulfonamides is 1. The highest BCUT2D eigenvalue weighted by Crippen LogP contribution is 2.14. The fourth-order valence-corrected chi connectivity index (χ4v) is 4.15. The van der Waals surface area contributed by atoms with Gasteiger partial charge in [-0.05, 0) is 24.3 Å². The molecule has 0 unspecified atom stereocenters. The van der Waals surface area contributed by atoms with Crippen LogP contribution >= 0.6 is 0 Å². The number of nitrogens with one attached hydrogen (secondary N) is 3. The van der Waals surface area contributed by atoms with Gasteiger partial charge in [0, 0.05) is 44.8 Å². The SMILES string of the molecule is O=C(c1ccc(S(=O)(=O)N[C@@H]2CNC[C@H]2O)cc1)N1CCNCC1. The molecule has 2 fully saturated rings. The van der Waals surface area contributed by atoms with Crippen molar-refractivity contribution in [3.63, 3.8) is 0 Å². The number of aliphatic hydroxyl groups excluding tert-OH is 1. The van der Waals surface area contributed by atoms with E-state index in [2.05, 4.69) is 15.4 Å². The van der Waals surface area contributed by atoms with Crippen LogP contribution in [0.5, 0.6) is 0 Å². The number of rotatable bonds is 4. The van der Waals surface area contributed by atoms with E-state index in [1.807, 2.05) is 0 Å². The zero-order valence-corrected chi connectivity index (χ0v) is 14.1. The van der Waals surface area contributed by atoms with Crippen LogP contribution in [0.4, 0.5) is 0 Å². The fourth-order valence-electron chi connectivity index (χ4n) is 2.88. The van der Waals surface area contributed by atoms with Gasteiger partial charge in [0.15, 0.2) is 0 Å². The van der Waals surface area contributed by atoms with Crippen LogP contribution in [0.15, 0.2) is 29.2 Å². The molecule has 2 heterocycles. The summed E-state index contributed by atoms with van der Waals surface area (Å²) in [6.45, 7) is 3.57. The first-order chi connectivity index (χ1) is 11.5. The van der Waals surface area contributed by atoms with Gasteiger partial charge in [0.25, 0.3) is 5.91 Å². The van der Waals surface area contributed by atoms with Crippen LogP contribution in [-0.2, 0) is 10.0 Å². The van der Waals surface area contributed by atoms with Gasteiger partial charge in [-0.25, -0.2) is 13.1 Å². The highest BCUT2D eigenvalue weighted by Gasteiger charge is 2.29. The lowest BCUT2D eigenvalue weighted by Gasteiger charge is -2.27. The molecule has 132 valence electrons. The Balaban J connectivity index is 1.70. The van der Waals surface area contributed by atoms with Crippen molar-refractivity contribution in [2.75, 3.05) is 39.3 Å². The van der Waals surface area contributed by atoms with Gasteiger partial charge in [0.05, 0.1) is 17.0 Å². The maximum Gasteiger partial charge on any atom is 0.253 e. The summed E-state index contributed by atoms with van der Waals surface area (Å²) in [6.07, 6.45) is -0.742. The Bertz CT molecular complexity index is 686. The van der Waals surface area contributed by atoms with E-state index in [-0.39, 0.29) is 10.8 Å². The van der Waals surface area contributed by atoms with E-state index in [0.29, 0.717) is 31.7 Å². The van der Waals surface area contributed by atoms with E-state index in [1.54, 1.807) is 4.90 Å². The standard InChI is InChI=1S/C15H22N4O4S/c20-14-10-17-9-13(14)18-24(22,23)12-3-1-11(2-4-12)15(21)19-7-5-16-6-8-19/h1-4,13-14,16-18,20H,5-10H2/t13-,14-/m1/s1. The molecule has 2 saturated heterocycles. The van der Waals surface area contributed by atoms with E-state index < -0.39 is 22.2 Å². The fraction of sp³-hybridized carbons (Fsp3) is 0.533. The zero-order valence-electron chi connectivity index (χ0n) is 13.2. The Kier molecular flexibility index (Phi) is 5.16. The van der Waals surface area contributed by atoms with E-state index >= 15 is 0 Å². The lowest BCUT2D eigenvalue weighted by Crippen LogP contribution is -2.46. The molecule has 0 bridgehead atoms. The van der Waals surface area contributed by atoms with Crippen molar-refractivity contribution in [3.8, 4) is 0 Å². The zero-order chi connectivity index (χ0) is 17.2. The molecule has 24 heavy (non-hydrogen) atoms. The molecule has 4 N–H and O–H groups in total. The van der Waals surface area contributed by atoms with Gasteiger partial charge in [0.1, 0.15) is 0 Å². The molecule has 1 amide bonds. The van der Waals surface area contributed by atoms with Gasteiger partial charge in [-0.15, -0.1) is 0 Å². The highest BCUT2D eigenvalue weighted by molar-refractivity contribution is 7.89. The Morgan fingerprint density at radius 3 is 2.38 bits per heavy atom. The Hall–Kier alpha value is -1.52. The summed E-state index contributed by atoms with van der Waals surface area (Å²) in [7, 11) is -3.73. The number of carbonyl (C=O) groups is 1. The molecule has 3 rings (SSSR count). The molecule has 0 spiro atoms. The third kappa shape index (κ3) is 3.76. The summed E-state index contributed by atoms with van der Waals surface area (Å²) in [5.74, 6) is -0.0937. The molecule has 0 aliphatic carbocycles. The second kappa shape index (κ2) is 7.16. The number of piperazine rings is 1. The normalized spacial score (nSPS) is 25.0. The van der Waals surface area contributed by atoms with Crippen molar-refractivity contribution < 1.29 is 18.3 Å². The number of aliphatic hydroxyl groups is 1. The van der Waals surface area contributed by atoms with Crippen LogP contribution in [0.3, 0.4) is 0 Å². The molecule has 0 radical (unpaired) electrons. The molecule has 8 nitrogen and oxygen atoms in total. The van der Waals surface area contributed by atoms with E-state index in [9.17, 15) is 18.3 Å². The number of hydrogen-bond acceptors (Lipinski definition) is 6. The number of benzene rings is 1.